The van der Waals surface area contributed by atoms with E-state index in [0.29, 0.717) is 24.2 Å². The van der Waals surface area contributed by atoms with Gasteiger partial charge in [0, 0.05) is 36.1 Å². The number of carbonyl (C=O) groups excluding carboxylic acids is 2. The zero-order valence-corrected chi connectivity index (χ0v) is 17.1. The Balaban J connectivity index is 1.31. The van der Waals surface area contributed by atoms with Gasteiger partial charge in [-0.2, -0.15) is 5.10 Å². The molecule has 1 aromatic heterocycles. The van der Waals surface area contributed by atoms with Crippen LogP contribution in [0.25, 0.3) is 0 Å². The minimum Gasteiger partial charge on any atom is -0.378 e. The summed E-state index contributed by atoms with van der Waals surface area (Å²) in [5.41, 5.74) is 4.40. The highest BCUT2D eigenvalue weighted by atomic mass is 16.5. The van der Waals surface area contributed by atoms with Crippen LogP contribution in [-0.2, 0) is 22.4 Å². The fourth-order valence-corrected chi connectivity index (χ4v) is 3.55. The lowest BCUT2D eigenvalue weighted by Gasteiger charge is -2.28. The third kappa shape index (κ3) is 5.49. The van der Waals surface area contributed by atoms with Crippen LogP contribution in [0.3, 0.4) is 0 Å². The van der Waals surface area contributed by atoms with E-state index in [1.807, 2.05) is 54.6 Å². The highest BCUT2D eigenvalue weighted by Gasteiger charge is 2.13. The number of nitrogens with one attached hydrogen (secondary N) is 3. The fourth-order valence-electron chi connectivity index (χ4n) is 3.55. The highest BCUT2D eigenvalue weighted by molar-refractivity contribution is 6.03. The lowest BCUT2D eigenvalue weighted by molar-refractivity contribution is -0.105. The summed E-state index contributed by atoms with van der Waals surface area (Å²) >= 11 is 0. The van der Waals surface area contributed by atoms with Crippen molar-refractivity contribution in [2.24, 2.45) is 0 Å². The van der Waals surface area contributed by atoms with Gasteiger partial charge in [0.05, 0.1) is 18.9 Å². The number of aromatic nitrogens is 2. The van der Waals surface area contributed by atoms with E-state index in [9.17, 15) is 9.59 Å². The Morgan fingerprint density at radius 2 is 1.90 bits per heavy atom. The van der Waals surface area contributed by atoms with Gasteiger partial charge < -0.3 is 20.3 Å². The Morgan fingerprint density at radius 1 is 1.10 bits per heavy atom. The maximum absolute atomic E-state index is 12.6. The molecule has 2 heterocycles. The van der Waals surface area contributed by atoms with E-state index in [4.69, 9.17) is 4.74 Å². The molecule has 3 N–H and O–H groups in total. The topological polar surface area (TPSA) is 99.4 Å². The number of hydrogen-bond acceptors (Lipinski definition) is 5. The van der Waals surface area contributed by atoms with Crippen LogP contribution in [0, 0.1) is 0 Å². The number of benzene rings is 2. The molecule has 0 saturated carbocycles. The Bertz CT molecular complexity index is 1030. The molecule has 0 unspecified atom stereocenters. The monoisotopic (exact) mass is 419 g/mol. The van der Waals surface area contributed by atoms with Gasteiger partial charge in [0.1, 0.15) is 5.82 Å². The number of rotatable bonds is 8. The molecule has 4 rings (SSSR count). The molecule has 1 aliphatic heterocycles. The van der Waals surface area contributed by atoms with E-state index < -0.39 is 0 Å². The van der Waals surface area contributed by atoms with E-state index >= 15 is 0 Å². The summed E-state index contributed by atoms with van der Waals surface area (Å²) in [5.74, 6) is 0.380. The summed E-state index contributed by atoms with van der Waals surface area (Å²) < 4.78 is 5.38. The van der Waals surface area contributed by atoms with Gasteiger partial charge in [0.25, 0.3) is 5.91 Å². The SMILES string of the molecule is O=CNc1cccc(CCc2cc(NC(=O)c3ccc(N4CCOCC4)cc3)[nH]n2)c1. The van der Waals surface area contributed by atoms with Crippen molar-refractivity contribution >= 4 is 29.5 Å². The number of morpholine rings is 1. The van der Waals surface area contributed by atoms with Crippen LogP contribution < -0.4 is 15.5 Å². The van der Waals surface area contributed by atoms with E-state index in [0.717, 1.165) is 55.4 Å². The average Bonchev–Trinajstić information content (AvgIpc) is 3.26. The predicted octanol–water partition coefficient (Wildman–Crippen LogP) is 2.85. The Morgan fingerprint density at radius 3 is 2.68 bits per heavy atom. The molecule has 1 saturated heterocycles. The fraction of sp³-hybridized carbons (Fsp3) is 0.261. The van der Waals surface area contributed by atoms with Crippen LogP contribution in [0.1, 0.15) is 21.6 Å². The molecular formula is C23H25N5O3. The van der Waals surface area contributed by atoms with Crippen LogP contribution >= 0.6 is 0 Å². The third-order valence-corrected chi connectivity index (χ3v) is 5.21. The number of nitrogens with zero attached hydrogens (tertiary/aromatic N) is 2. The maximum Gasteiger partial charge on any atom is 0.256 e. The minimum absolute atomic E-state index is 0.184. The predicted molar refractivity (Wildman–Crippen MR) is 120 cm³/mol. The number of hydrogen-bond donors (Lipinski definition) is 3. The first-order chi connectivity index (χ1) is 15.2. The van der Waals surface area contributed by atoms with Gasteiger partial charge in [-0.15, -0.1) is 0 Å². The highest BCUT2D eigenvalue weighted by Crippen LogP contribution is 2.18. The molecule has 0 radical (unpaired) electrons. The summed E-state index contributed by atoms with van der Waals surface area (Å²) in [6.07, 6.45) is 2.15. The number of carbonyl (C=O) groups is 2. The second kappa shape index (κ2) is 9.90. The summed E-state index contributed by atoms with van der Waals surface area (Å²) in [7, 11) is 0. The molecule has 0 atom stereocenters. The number of amides is 2. The Kier molecular flexibility index (Phi) is 6.59. The zero-order valence-electron chi connectivity index (χ0n) is 17.1. The van der Waals surface area contributed by atoms with Crippen molar-refractivity contribution in [2.45, 2.75) is 12.8 Å². The number of anilines is 3. The lowest BCUT2D eigenvalue weighted by atomic mass is 10.1. The van der Waals surface area contributed by atoms with Crippen molar-refractivity contribution < 1.29 is 14.3 Å². The average molecular weight is 419 g/mol. The van der Waals surface area contributed by atoms with Gasteiger partial charge >= 0.3 is 0 Å². The van der Waals surface area contributed by atoms with Gasteiger partial charge in [0.15, 0.2) is 0 Å². The van der Waals surface area contributed by atoms with Crippen molar-refractivity contribution in [3.8, 4) is 0 Å². The van der Waals surface area contributed by atoms with E-state index in [-0.39, 0.29) is 5.91 Å². The van der Waals surface area contributed by atoms with Crippen molar-refractivity contribution in [3.05, 3.63) is 71.4 Å². The molecule has 8 nitrogen and oxygen atoms in total. The Hall–Kier alpha value is -3.65. The maximum atomic E-state index is 12.6. The molecule has 3 aromatic rings. The van der Waals surface area contributed by atoms with Crippen molar-refractivity contribution in [1.29, 1.82) is 0 Å². The van der Waals surface area contributed by atoms with Crippen molar-refractivity contribution in [2.75, 3.05) is 41.8 Å². The van der Waals surface area contributed by atoms with E-state index in [1.54, 1.807) is 0 Å². The summed E-state index contributed by atoms with van der Waals surface area (Å²) in [6.45, 7) is 3.18. The standard InChI is InChI=1S/C23H25N5O3/c29-16-24-19-3-1-2-17(14-19)4-7-20-15-22(27-26-20)25-23(30)18-5-8-21(9-6-18)28-10-12-31-13-11-28/h1-3,5-6,8-9,14-16H,4,7,10-13H2,(H,24,29)(H2,25,26,27,30). The smallest absolute Gasteiger partial charge is 0.256 e. The van der Waals surface area contributed by atoms with Crippen LogP contribution in [-0.4, -0.2) is 48.8 Å². The minimum atomic E-state index is -0.184. The summed E-state index contributed by atoms with van der Waals surface area (Å²) in [6, 6.07) is 17.1. The summed E-state index contributed by atoms with van der Waals surface area (Å²) in [5, 5.41) is 12.7. The number of ether oxygens (including phenoxy) is 1. The van der Waals surface area contributed by atoms with Crippen molar-refractivity contribution in [3.63, 3.8) is 0 Å². The van der Waals surface area contributed by atoms with Gasteiger partial charge in [-0.25, -0.2) is 0 Å². The van der Waals surface area contributed by atoms with Gasteiger partial charge in [-0.05, 0) is 54.8 Å². The molecule has 8 heteroatoms. The number of aromatic amines is 1. The first kappa shape index (κ1) is 20.6. The first-order valence-corrected chi connectivity index (χ1v) is 10.3. The van der Waals surface area contributed by atoms with Crippen LogP contribution in [0.2, 0.25) is 0 Å². The Labute approximate surface area is 180 Å². The zero-order chi connectivity index (χ0) is 21.5. The van der Waals surface area contributed by atoms with Crippen molar-refractivity contribution in [1.82, 2.24) is 10.2 Å². The second-order valence-electron chi connectivity index (χ2n) is 7.34. The van der Waals surface area contributed by atoms with Gasteiger partial charge in [-0.3, -0.25) is 14.7 Å². The largest absolute Gasteiger partial charge is 0.378 e. The molecular weight excluding hydrogens is 394 g/mol. The van der Waals surface area contributed by atoms with Crippen LogP contribution in [0.5, 0.6) is 0 Å². The molecule has 160 valence electrons. The van der Waals surface area contributed by atoms with E-state index in [1.165, 1.54) is 0 Å². The molecule has 31 heavy (non-hydrogen) atoms. The molecule has 1 aliphatic rings. The molecule has 1 fully saturated rings. The number of H-pyrrole nitrogens is 1. The molecule has 2 aromatic carbocycles. The number of aryl methyl sites for hydroxylation is 2. The molecule has 0 aliphatic carbocycles. The molecule has 0 spiro atoms. The van der Waals surface area contributed by atoms with Crippen LogP contribution in [0.4, 0.5) is 17.2 Å². The van der Waals surface area contributed by atoms with Gasteiger partial charge in [-0.1, -0.05) is 12.1 Å². The lowest BCUT2D eigenvalue weighted by Crippen LogP contribution is -2.36. The quantitative estimate of drug-likeness (QED) is 0.488. The second-order valence-corrected chi connectivity index (χ2v) is 7.34. The third-order valence-electron chi connectivity index (χ3n) is 5.21. The molecule has 0 bridgehead atoms. The normalized spacial score (nSPS) is 13.6. The van der Waals surface area contributed by atoms with Gasteiger partial charge in [0.2, 0.25) is 6.41 Å². The van der Waals surface area contributed by atoms with E-state index in [2.05, 4.69) is 25.7 Å². The first-order valence-electron chi connectivity index (χ1n) is 10.3. The molecule has 2 amide bonds. The summed E-state index contributed by atoms with van der Waals surface area (Å²) in [4.78, 5) is 25.4. The van der Waals surface area contributed by atoms with Crippen LogP contribution in [0.15, 0.2) is 54.6 Å².